The second-order valence-electron chi connectivity index (χ2n) is 7.76. The van der Waals surface area contributed by atoms with Crippen LogP contribution in [0.4, 0.5) is 0 Å². The lowest BCUT2D eigenvalue weighted by molar-refractivity contribution is -0.121. The van der Waals surface area contributed by atoms with Gasteiger partial charge in [-0.25, -0.2) is 8.42 Å². The molecule has 0 unspecified atom stereocenters. The first-order chi connectivity index (χ1) is 15.8. The molecular formula is C23H31N3O6S. The molecule has 0 bridgehead atoms. The summed E-state index contributed by atoms with van der Waals surface area (Å²) in [6, 6.07) is 12.3. The topological polar surface area (TPSA) is 97.4 Å². The van der Waals surface area contributed by atoms with E-state index in [9.17, 15) is 13.2 Å². The number of nitrogens with one attached hydrogen (secondary N) is 1. The second-order valence-corrected chi connectivity index (χ2v) is 9.81. The molecule has 0 aliphatic carbocycles. The number of ether oxygens (including phenoxy) is 3. The van der Waals surface area contributed by atoms with E-state index in [0.717, 1.165) is 48.3 Å². The van der Waals surface area contributed by atoms with Crippen LogP contribution in [-0.2, 0) is 32.6 Å². The molecule has 0 atom stereocenters. The van der Waals surface area contributed by atoms with Crippen LogP contribution < -0.4 is 14.8 Å². The molecule has 1 aliphatic heterocycles. The fraction of sp³-hybridized carbons (Fsp3) is 0.435. The van der Waals surface area contributed by atoms with Crippen molar-refractivity contribution in [2.75, 3.05) is 54.1 Å². The van der Waals surface area contributed by atoms with Gasteiger partial charge in [-0.2, -0.15) is 4.31 Å². The minimum Gasteiger partial charge on any atom is -0.493 e. The maximum Gasteiger partial charge on any atom is 0.243 e. The van der Waals surface area contributed by atoms with E-state index in [0.29, 0.717) is 18.0 Å². The Morgan fingerprint density at radius 3 is 2.45 bits per heavy atom. The fourth-order valence-electron chi connectivity index (χ4n) is 3.56. The summed E-state index contributed by atoms with van der Waals surface area (Å²) in [5.74, 6) is 0.334. The lowest BCUT2D eigenvalue weighted by Gasteiger charge is -2.26. The second kappa shape index (κ2) is 11.5. The number of morpholine rings is 1. The summed E-state index contributed by atoms with van der Waals surface area (Å²) in [6.45, 7) is 4.15. The van der Waals surface area contributed by atoms with Gasteiger partial charge in [0.2, 0.25) is 15.9 Å². The zero-order valence-corrected chi connectivity index (χ0v) is 20.1. The van der Waals surface area contributed by atoms with Crippen LogP contribution in [0.15, 0.2) is 47.4 Å². The number of carbonyl (C=O) groups is 1. The molecule has 180 valence electrons. The molecule has 9 nitrogen and oxygen atoms in total. The van der Waals surface area contributed by atoms with Gasteiger partial charge in [-0.1, -0.05) is 24.3 Å². The first-order valence-corrected chi connectivity index (χ1v) is 12.1. The molecule has 0 spiro atoms. The molecule has 3 rings (SSSR count). The van der Waals surface area contributed by atoms with Crippen LogP contribution in [0.2, 0.25) is 0 Å². The Labute approximate surface area is 195 Å². The highest BCUT2D eigenvalue weighted by molar-refractivity contribution is 7.89. The number of carbonyl (C=O) groups excluding carboxylic acids is 1. The molecule has 1 N–H and O–H groups in total. The molecule has 10 heteroatoms. The van der Waals surface area contributed by atoms with Crippen molar-refractivity contribution in [3.63, 3.8) is 0 Å². The Kier molecular flexibility index (Phi) is 8.67. The molecule has 1 aliphatic rings. The predicted molar refractivity (Wildman–Crippen MR) is 124 cm³/mol. The van der Waals surface area contributed by atoms with Crippen LogP contribution in [0.3, 0.4) is 0 Å². The van der Waals surface area contributed by atoms with E-state index >= 15 is 0 Å². The first-order valence-electron chi connectivity index (χ1n) is 10.7. The molecule has 2 aromatic carbocycles. The number of methoxy groups -OCH3 is 2. The minimum absolute atomic E-state index is 0.0197. The van der Waals surface area contributed by atoms with Crippen LogP contribution in [0, 0.1) is 0 Å². The van der Waals surface area contributed by atoms with E-state index in [1.54, 1.807) is 0 Å². The Morgan fingerprint density at radius 2 is 1.76 bits per heavy atom. The van der Waals surface area contributed by atoms with Gasteiger partial charge in [0.05, 0.1) is 38.9 Å². The third kappa shape index (κ3) is 6.67. The van der Waals surface area contributed by atoms with Gasteiger partial charge in [0.15, 0.2) is 11.5 Å². The van der Waals surface area contributed by atoms with Crippen molar-refractivity contribution < 1.29 is 27.4 Å². The lowest BCUT2D eigenvalue weighted by Crippen LogP contribution is -2.38. The number of hydrogen-bond donors (Lipinski definition) is 1. The van der Waals surface area contributed by atoms with Crippen molar-refractivity contribution in [3.8, 4) is 11.5 Å². The van der Waals surface area contributed by atoms with Crippen LogP contribution in [0.25, 0.3) is 0 Å². The average Bonchev–Trinajstić information content (AvgIpc) is 2.83. The highest BCUT2D eigenvalue weighted by atomic mass is 32.2. The van der Waals surface area contributed by atoms with E-state index in [1.165, 1.54) is 39.5 Å². The number of hydrogen-bond acceptors (Lipinski definition) is 7. The minimum atomic E-state index is -3.88. The maximum absolute atomic E-state index is 12.9. The highest BCUT2D eigenvalue weighted by Crippen LogP contribution is 2.30. The van der Waals surface area contributed by atoms with Gasteiger partial charge in [0.1, 0.15) is 0 Å². The first kappa shape index (κ1) is 25.0. The Morgan fingerprint density at radius 1 is 1.06 bits per heavy atom. The molecule has 1 heterocycles. The Bertz CT molecular complexity index is 1050. The molecule has 1 saturated heterocycles. The molecule has 0 saturated carbocycles. The number of likely N-dealkylation sites (N-methyl/N-ethyl adjacent to an activating group) is 1. The largest absolute Gasteiger partial charge is 0.493 e. The van der Waals surface area contributed by atoms with Crippen molar-refractivity contribution in [1.82, 2.24) is 14.5 Å². The van der Waals surface area contributed by atoms with Gasteiger partial charge in [0.25, 0.3) is 0 Å². The molecule has 0 radical (unpaired) electrons. The monoisotopic (exact) mass is 477 g/mol. The Hall–Kier alpha value is -2.66. The summed E-state index contributed by atoms with van der Waals surface area (Å²) in [5.41, 5.74) is 2.12. The number of amides is 1. The van der Waals surface area contributed by atoms with E-state index < -0.39 is 10.0 Å². The SMILES string of the molecule is COc1ccc(S(=O)(=O)N(C)CC(=O)NCc2cccc(CN3CCOCC3)c2)cc1OC. The van der Waals surface area contributed by atoms with Gasteiger partial charge < -0.3 is 19.5 Å². The number of benzene rings is 2. The van der Waals surface area contributed by atoms with Crippen LogP contribution in [-0.4, -0.2) is 77.6 Å². The zero-order valence-electron chi connectivity index (χ0n) is 19.2. The number of rotatable bonds is 10. The summed E-state index contributed by atoms with van der Waals surface area (Å²) in [7, 11) is 0.398. The Balaban J connectivity index is 1.56. The zero-order chi connectivity index (χ0) is 23.8. The smallest absolute Gasteiger partial charge is 0.243 e. The van der Waals surface area contributed by atoms with Gasteiger partial charge >= 0.3 is 0 Å². The van der Waals surface area contributed by atoms with E-state index in [4.69, 9.17) is 14.2 Å². The quantitative estimate of drug-likeness (QED) is 0.554. The lowest BCUT2D eigenvalue weighted by atomic mass is 10.1. The van der Waals surface area contributed by atoms with Gasteiger partial charge in [-0.05, 0) is 23.3 Å². The fourth-order valence-corrected chi connectivity index (χ4v) is 4.70. The van der Waals surface area contributed by atoms with Gasteiger partial charge in [-0.3, -0.25) is 9.69 Å². The van der Waals surface area contributed by atoms with Crippen LogP contribution in [0.1, 0.15) is 11.1 Å². The van der Waals surface area contributed by atoms with Crippen molar-refractivity contribution >= 4 is 15.9 Å². The number of sulfonamides is 1. The summed E-state index contributed by atoms with van der Waals surface area (Å²) >= 11 is 0. The van der Waals surface area contributed by atoms with Crippen LogP contribution >= 0.6 is 0 Å². The molecular weight excluding hydrogens is 446 g/mol. The summed E-state index contributed by atoms with van der Waals surface area (Å²) < 4.78 is 42.5. The summed E-state index contributed by atoms with van der Waals surface area (Å²) in [5, 5.41) is 2.80. The van der Waals surface area contributed by atoms with Crippen molar-refractivity contribution in [3.05, 3.63) is 53.6 Å². The normalized spacial score (nSPS) is 14.8. The van der Waals surface area contributed by atoms with Crippen molar-refractivity contribution in [2.24, 2.45) is 0 Å². The van der Waals surface area contributed by atoms with Gasteiger partial charge in [0, 0.05) is 39.3 Å². The molecule has 33 heavy (non-hydrogen) atoms. The van der Waals surface area contributed by atoms with Crippen molar-refractivity contribution in [1.29, 1.82) is 0 Å². The molecule has 2 aromatic rings. The molecule has 1 amide bonds. The maximum atomic E-state index is 12.9. The highest BCUT2D eigenvalue weighted by Gasteiger charge is 2.24. The third-order valence-electron chi connectivity index (χ3n) is 5.42. The molecule has 1 fully saturated rings. The van der Waals surface area contributed by atoms with Crippen LogP contribution in [0.5, 0.6) is 11.5 Å². The number of nitrogens with zero attached hydrogens (tertiary/aromatic N) is 2. The van der Waals surface area contributed by atoms with E-state index in [2.05, 4.69) is 22.3 Å². The average molecular weight is 478 g/mol. The summed E-state index contributed by atoms with van der Waals surface area (Å²) in [4.78, 5) is 14.8. The third-order valence-corrected chi connectivity index (χ3v) is 7.22. The van der Waals surface area contributed by atoms with Crippen molar-refractivity contribution in [2.45, 2.75) is 18.0 Å². The van der Waals surface area contributed by atoms with E-state index in [-0.39, 0.29) is 17.3 Å². The standard InChI is InChI=1S/C23H31N3O6S/c1-25(33(28,29)20-7-8-21(30-2)22(14-20)31-3)17-23(27)24-15-18-5-4-6-19(13-18)16-26-9-11-32-12-10-26/h4-8,13-14H,9-12,15-17H2,1-3H3,(H,24,27). The predicted octanol–water partition coefficient (Wildman–Crippen LogP) is 1.47. The van der Waals surface area contributed by atoms with E-state index in [1.807, 2.05) is 12.1 Å². The van der Waals surface area contributed by atoms with Gasteiger partial charge in [-0.15, -0.1) is 0 Å². The molecule has 0 aromatic heterocycles. The summed E-state index contributed by atoms with van der Waals surface area (Å²) in [6.07, 6.45) is 0.